The van der Waals surface area contributed by atoms with Gasteiger partial charge in [0.05, 0.1) is 0 Å². The van der Waals surface area contributed by atoms with Gasteiger partial charge in [0.25, 0.3) is 0 Å². The van der Waals surface area contributed by atoms with Gasteiger partial charge in [-0.1, -0.05) is 12.3 Å². The fraction of sp³-hybridized carbons (Fsp3) is 0.700. The molecule has 0 aliphatic heterocycles. The molecule has 0 aromatic carbocycles. The maximum absolute atomic E-state index is 13.3. The molecular weight excluding hydrogens is 188 g/mol. The van der Waals surface area contributed by atoms with Gasteiger partial charge < -0.3 is 5.73 Å². The van der Waals surface area contributed by atoms with Crippen LogP contribution in [0.4, 0.5) is 8.78 Å². The smallest absolute Gasteiger partial charge is 0.311 e. The summed E-state index contributed by atoms with van der Waals surface area (Å²) < 4.78 is 26.6. The molecule has 1 aliphatic carbocycles. The van der Waals surface area contributed by atoms with E-state index in [1.807, 2.05) is 5.92 Å². The minimum absolute atomic E-state index is 0.276. The molecule has 1 atom stereocenters. The van der Waals surface area contributed by atoms with Crippen LogP contribution < -0.4 is 5.73 Å². The van der Waals surface area contributed by atoms with E-state index in [0.717, 1.165) is 6.42 Å². The number of carbonyl (C=O) groups excluding carboxylic acids is 1. The number of amides is 1. The van der Waals surface area contributed by atoms with Crippen molar-refractivity contribution in [2.75, 3.05) is 0 Å². The number of primary amides is 1. The fourth-order valence-corrected chi connectivity index (χ4v) is 1.54. The molecule has 1 amide bonds. The van der Waals surface area contributed by atoms with Gasteiger partial charge in [0.15, 0.2) is 0 Å². The van der Waals surface area contributed by atoms with Gasteiger partial charge in [0.2, 0.25) is 5.91 Å². The summed E-state index contributed by atoms with van der Waals surface area (Å²) in [6, 6.07) is 0. The lowest BCUT2D eigenvalue weighted by atomic mass is 9.90. The lowest BCUT2D eigenvalue weighted by molar-refractivity contribution is -0.121. The first kappa shape index (κ1) is 11.0. The minimum Gasteiger partial charge on any atom is -0.370 e. The summed E-state index contributed by atoms with van der Waals surface area (Å²) >= 11 is 0. The molecule has 0 heterocycles. The Labute approximate surface area is 81.8 Å². The second-order valence-electron chi connectivity index (χ2n) is 3.54. The number of alkyl halides is 2. The Morgan fingerprint density at radius 3 is 2.86 bits per heavy atom. The van der Waals surface area contributed by atoms with E-state index in [2.05, 4.69) is 5.92 Å². The third-order valence-electron chi connectivity index (χ3n) is 2.32. The van der Waals surface area contributed by atoms with Crippen molar-refractivity contribution in [3.05, 3.63) is 0 Å². The largest absolute Gasteiger partial charge is 0.370 e. The van der Waals surface area contributed by atoms with Crippen LogP contribution >= 0.6 is 0 Å². The Hall–Kier alpha value is -1.11. The fourth-order valence-electron chi connectivity index (χ4n) is 1.54. The summed E-state index contributed by atoms with van der Waals surface area (Å²) in [4.78, 5) is 10.6. The van der Waals surface area contributed by atoms with Gasteiger partial charge in [-0.05, 0) is 18.8 Å². The van der Waals surface area contributed by atoms with Crippen LogP contribution in [0.25, 0.3) is 0 Å². The van der Waals surface area contributed by atoms with E-state index in [-0.39, 0.29) is 6.42 Å². The number of hydrogen-bond donors (Lipinski definition) is 1. The van der Waals surface area contributed by atoms with E-state index >= 15 is 0 Å². The first-order valence-electron chi connectivity index (χ1n) is 4.68. The molecule has 2 N–H and O–H groups in total. The zero-order valence-corrected chi connectivity index (χ0v) is 7.85. The molecule has 0 aromatic rings. The van der Waals surface area contributed by atoms with Crippen LogP contribution in [0.5, 0.6) is 0 Å². The Bertz CT molecular complexity index is 278. The lowest BCUT2D eigenvalue weighted by Gasteiger charge is -2.22. The van der Waals surface area contributed by atoms with E-state index in [4.69, 9.17) is 5.73 Å². The Kier molecular flexibility index (Phi) is 3.45. The van der Waals surface area contributed by atoms with E-state index in [0.29, 0.717) is 19.3 Å². The normalized spacial score (nSPS) is 25.4. The number of hydrogen-bond acceptors (Lipinski definition) is 1. The number of rotatable bonds is 2. The second kappa shape index (κ2) is 4.41. The summed E-state index contributed by atoms with van der Waals surface area (Å²) in [7, 11) is 0. The van der Waals surface area contributed by atoms with Gasteiger partial charge in [0, 0.05) is 18.8 Å². The number of carbonyl (C=O) groups is 1. The molecule has 0 radical (unpaired) electrons. The molecule has 1 rings (SSSR count). The third kappa shape index (κ3) is 2.99. The van der Waals surface area contributed by atoms with Gasteiger partial charge in [-0.15, -0.1) is 0 Å². The molecular formula is C10H13F2NO. The molecule has 2 nitrogen and oxygen atoms in total. The number of halogens is 2. The zero-order chi connectivity index (χ0) is 10.6. The van der Waals surface area contributed by atoms with Gasteiger partial charge in [-0.3, -0.25) is 4.79 Å². The maximum Gasteiger partial charge on any atom is 0.311 e. The zero-order valence-electron chi connectivity index (χ0n) is 7.85. The monoisotopic (exact) mass is 201 g/mol. The van der Waals surface area contributed by atoms with Gasteiger partial charge in [-0.25, -0.2) is 0 Å². The highest BCUT2D eigenvalue weighted by Gasteiger charge is 2.38. The molecule has 78 valence electrons. The molecule has 1 unspecified atom stereocenters. The van der Waals surface area contributed by atoms with Crippen molar-refractivity contribution in [3.8, 4) is 11.8 Å². The van der Waals surface area contributed by atoms with Crippen molar-refractivity contribution in [2.24, 2.45) is 11.7 Å². The molecule has 0 bridgehead atoms. The molecule has 4 heteroatoms. The Morgan fingerprint density at radius 2 is 2.21 bits per heavy atom. The topological polar surface area (TPSA) is 43.1 Å². The highest BCUT2D eigenvalue weighted by atomic mass is 19.3. The van der Waals surface area contributed by atoms with Crippen LogP contribution in [0.2, 0.25) is 0 Å². The molecule has 0 spiro atoms. The van der Waals surface area contributed by atoms with Crippen LogP contribution in [0.1, 0.15) is 32.1 Å². The third-order valence-corrected chi connectivity index (χ3v) is 2.32. The van der Waals surface area contributed by atoms with Crippen LogP contribution in [0.3, 0.4) is 0 Å². The van der Waals surface area contributed by atoms with Crippen molar-refractivity contribution in [1.29, 1.82) is 0 Å². The van der Waals surface area contributed by atoms with Crippen molar-refractivity contribution in [2.45, 2.75) is 38.0 Å². The molecule has 0 saturated carbocycles. The summed E-state index contributed by atoms with van der Waals surface area (Å²) in [5, 5.41) is 0. The number of nitrogens with two attached hydrogens (primary N) is 1. The van der Waals surface area contributed by atoms with Crippen LogP contribution in [-0.2, 0) is 4.79 Å². The van der Waals surface area contributed by atoms with Crippen molar-refractivity contribution in [1.82, 2.24) is 0 Å². The van der Waals surface area contributed by atoms with Crippen molar-refractivity contribution in [3.63, 3.8) is 0 Å². The predicted octanol–water partition coefficient (Wildman–Crippen LogP) is 1.69. The van der Waals surface area contributed by atoms with E-state index in [1.54, 1.807) is 0 Å². The molecule has 0 fully saturated rings. The lowest BCUT2D eigenvalue weighted by Crippen LogP contribution is -2.31. The molecule has 1 aliphatic rings. The van der Waals surface area contributed by atoms with Gasteiger partial charge in [0.1, 0.15) is 0 Å². The van der Waals surface area contributed by atoms with Crippen molar-refractivity contribution >= 4 is 5.91 Å². The van der Waals surface area contributed by atoms with Crippen molar-refractivity contribution < 1.29 is 13.6 Å². The molecule has 0 aromatic heterocycles. The summed E-state index contributed by atoms with van der Waals surface area (Å²) in [5.74, 6) is -0.396. The van der Waals surface area contributed by atoms with Gasteiger partial charge >= 0.3 is 5.92 Å². The Morgan fingerprint density at radius 1 is 1.50 bits per heavy atom. The Balaban J connectivity index is 2.75. The predicted molar refractivity (Wildman–Crippen MR) is 48.5 cm³/mol. The molecule has 0 saturated heterocycles. The highest BCUT2D eigenvalue weighted by Crippen LogP contribution is 2.32. The van der Waals surface area contributed by atoms with E-state index in [1.165, 1.54) is 0 Å². The molecule has 14 heavy (non-hydrogen) atoms. The summed E-state index contributed by atoms with van der Waals surface area (Å²) in [5.41, 5.74) is 4.91. The summed E-state index contributed by atoms with van der Waals surface area (Å²) in [6.07, 6.45) is 2.06. The van der Waals surface area contributed by atoms with Crippen LogP contribution in [-0.4, -0.2) is 11.8 Å². The average molecular weight is 201 g/mol. The van der Waals surface area contributed by atoms with E-state index in [9.17, 15) is 13.6 Å². The first-order chi connectivity index (χ1) is 6.52. The first-order valence-corrected chi connectivity index (χ1v) is 4.68. The van der Waals surface area contributed by atoms with Crippen LogP contribution in [0, 0.1) is 17.8 Å². The van der Waals surface area contributed by atoms with E-state index < -0.39 is 17.7 Å². The van der Waals surface area contributed by atoms with Crippen LogP contribution in [0.15, 0.2) is 0 Å². The standard InChI is InChI=1S/C10H13F2NO/c11-10(12)6-4-2-1-3-5-8(10)7-9(13)14/h8H,1-3,5,7H2,(H2,13,14). The average Bonchev–Trinajstić information content (AvgIpc) is 2.05. The highest BCUT2D eigenvalue weighted by molar-refractivity contribution is 5.74. The minimum atomic E-state index is -3.06. The summed E-state index contributed by atoms with van der Waals surface area (Å²) in [6.45, 7) is 0. The quantitative estimate of drug-likeness (QED) is 0.679. The maximum atomic E-state index is 13.3. The van der Waals surface area contributed by atoms with Gasteiger partial charge in [-0.2, -0.15) is 8.78 Å². The second-order valence-corrected chi connectivity index (χ2v) is 3.54. The SMILES string of the molecule is NC(=O)CC1CCCCC#CC1(F)F.